The van der Waals surface area contributed by atoms with E-state index >= 15 is 0 Å². The molecule has 2 N–H and O–H groups in total. The first-order valence-corrected chi connectivity index (χ1v) is 9.19. The Morgan fingerprint density at radius 3 is 2.11 bits per heavy atom. The summed E-state index contributed by atoms with van der Waals surface area (Å²) in [5.41, 5.74) is 1.60. The second-order valence-corrected chi connectivity index (χ2v) is 7.67. The highest BCUT2D eigenvalue weighted by Gasteiger charge is 2.27. The Labute approximate surface area is 166 Å². The van der Waals surface area contributed by atoms with Crippen LogP contribution in [-0.4, -0.2) is 40.9 Å². The first-order valence-electron chi connectivity index (χ1n) is 9.19. The topological polar surface area (TPSA) is 79.2 Å². The van der Waals surface area contributed by atoms with E-state index in [9.17, 15) is 14.8 Å². The number of methoxy groups -OCH3 is 1. The zero-order chi connectivity index (χ0) is 20.9. The summed E-state index contributed by atoms with van der Waals surface area (Å²) in [6.45, 7) is 7.78. The van der Waals surface area contributed by atoms with E-state index < -0.39 is 18.8 Å². The first kappa shape index (κ1) is 21.8. The third-order valence-electron chi connectivity index (χ3n) is 4.32. The molecule has 0 spiro atoms. The molecule has 0 aliphatic carbocycles. The maximum atomic E-state index is 12.9. The highest BCUT2D eigenvalue weighted by molar-refractivity contribution is 6.58. The Kier molecular flexibility index (Phi) is 7.10. The number of carbonyl (C=O) groups excluding carboxylic acids is 1. The van der Waals surface area contributed by atoms with Crippen LogP contribution in [0.2, 0.25) is 0 Å². The van der Waals surface area contributed by atoms with Gasteiger partial charge in [0.2, 0.25) is 0 Å². The summed E-state index contributed by atoms with van der Waals surface area (Å²) in [7, 11) is 0.0856. The molecule has 0 aromatic heterocycles. The zero-order valence-electron chi connectivity index (χ0n) is 17.0. The molecule has 1 amide bonds. The standard InChI is InChI=1S/C21H28BNO5/c1-15(17-8-10-18(11-9-17)22(25)26)23(20(24)28-21(2,3)4)14-16-6-12-19(27-5)13-7-16/h6-13,15,25-26H,14H2,1-5H3/t15-/m0/s1. The number of carbonyl (C=O) groups is 1. The lowest BCUT2D eigenvalue weighted by molar-refractivity contribution is 0.0153. The fourth-order valence-electron chi connectivity index (χ4n) is 2.73. The summed E-state index contributed by atoms with van der Waals surface area (Å²) in [6, 6.07) is 14.1. The largest absolute Gasteiger partial charge is 0.497 e. The average molecular weight is 385 g/mol. The molecular weight excluding hydrogens is 357 g/mol. The van der Waals surface area contributed by atoms with E-state index in [1.165, 1.54) is 0 Å². The Balaban J connectivity index is 2.28. The predicted octanol–water partition coefficient (Wildman–Crippen LogP) is 2.87. The van der Waals surface area contributed by atoms with Crippen LogP contribution in [0.1, 0.15) is 44.9 Å². The molecule has 2 aromatic rings. The summed E-state index contributed by atoms with van der Waals surface area (Å²) in [4.78, 5) is 14.5. The third kappa shape index (κ3) is 6.01. The van der Waals surface area contributed by atoms with Gasteiger partial charge in [0, 0.05) is 6.54 Å². The van der Waals surface area contributed by atoms with Gasteiger partial charge in [-0.05, 0) is 56.4 Å². The summed E-state index contributed by atoms with van der Waals surface area (Å²) < 4.78 is 10.8. The molecule has 0 heterocycles. The predicted molar refractivity (Wildman–Crippen MR) is 109 cm³/mol. The quantitative estimate of drug-likeness (QED) is 0.748. The molecule has 0 aliphatic rings. The number of benzene rings is 2. The molecular formula is C21H28BNO5. The van der Waals surface area contributed by atoms with E-state index in [2.05, 4.69) is 0 Å². The highest BCUT2D eigenvalue weighted by atomic mass is 16.6. The van der Waals surface area contributed by atoms with Crippen molar-refractivity contribution in [3.63, 3.8) is 0 Å². The van der Waals surface area contributed by atoms with Crippen LogP contribution in [0.3, 0.4) is 0 Å². The molecule has 0 fully saturated rings. The van der Waals surface area contributed by atoms with E-state index in [0.29, 0.717) is 12.0 Å². The van der Waals surface area contributed by atoms with E-state index in [-0.39, 0.29) is 6.04 Å². The fraction of sp³-hybridized carbons (Fsp3) is 0.381. The van der Waals surface area contributed by atoms with Gasteiger partial charge in [0.15, 0.2) is 0 Å². The normalized spacial score (nSPS) is 12.2. The smallest absolute Gasteiger partial charge is 0.488 e. The minimum Gasteiger partial charge on any atom is -0.497 e. The van der Waals surface area contributed by atoms with E-state index in [4.69, 9.17) is 9.47 Å². The number of amides is 1. The second kappa shape index (κ2) is 9.12. The molecule has 2 aromatic carbocycles. The molecule has 7 heteroatoms. The molecule has 6 nitrogen and oxygen atoms in total. The first-order chi connectivity index (χ1) is 13.1. The van der Waals surface area contributed by atoms with Crippen LogP contribution in [0, 0.1) is 0 Å². The summed E-state index contributed by atoms with van der Waals surface area (Å²) in [5, 5.41) is 18.6. The van der Waals surface area contributed by atoms with Crippen molar-refractivity contribution in [2.45, 2.75) is 45.9 Å². The molecule has 1 atom stereocenters. The second-order valence-electron chi connectivity index (χ2n) is 7.67. The number of nitrogens with zero attached hydrogens (tertiary/aromatic N) is 1. The van der Waals surface area contributed by atoms with Crippen LogP contribution >= 0.6 is 0 Å². The van der Waals surface area contributed by atoms with Crippen LogP contribution in [0.5, 0.6) is 5.75 Å². The van der Waals surface area contributed by atoms with E-state index in [0.717, 1.165) is 16.9 Å². The van der Waals surface area contributed by atoms with Gasteiger partial charge >= 0.3 is 13.2 Å². The number of hydrogen-bond acceptors (Lipinski definition) is 5. The molecule has 150 valence electrons. The maximum Gasteiger partial charge on any atom is 0.488 e. The van der Waals surface area contributed by atoms with Crippen molar-refractivity contribution in [3.8, 4) is 5.75 Å². The Hall–Kier alpha value is -2.51. The Bertz CT molecular complexity index is 769. The lowest BCUT2D eigenvalue weighted by Crippen LogP contribution is -2.38. The molecule has 0 saturated carbocycles. The van der Waals surface area contributed by atoms with E-state index in [1.807, 2.05) is 52.0 Å². The van der Waals surface area contributed by atoms with Crippen molar-refractivity contribution in [1.82, 2.24) is 4.90 Å². The van der Waals surface area contributed by atoms with Crippen molar-refractivity contribution in [2.24, 2.45) is 0 Å². The third-order valence-corrected chi connectivity index (χ3v) is 4.32. The lowest BCUT2D eigenvalue weighted by atomic mass is 9.80. The van der Waals surface area contributed by atoms with Crippen LogP contribution in [0.4, 0.5) is 4.79 Å². The maximum absolute atomic E-state index is 12.9. The van der Waals surface area contributed by atoms with Gasteiger partial charge in [-0.2, -0.15) is 0 Å². The Morgan fingerprint density at radius 2 is 1.64 bits per heavy atom. The van der Waals surface area contributed by atoms with Gasteiger partial charge in [0.05, 0.1) is 13.2 Å². The number of hydrogen-bond donors (Lipinski definition) is 2. The van der Waals surface area contributed by atoms with Crippen LogP contribution in [0.15, 0.2) is 48.5 Å². The summed E-state index contributed by atoms with van der Waals surface area (Å²) >= 11 is 0. The minimum atomic E-state index is -1.52. The molecule has 2 rings (SSSR count). The van der Waals surface area contributed by atoms with Crippen LogP contribution in [-0.2, 0) is 11.3 Å². The zero-order valence-corrected chi connectivity index (χ0v) is 17.0. The fourth-order valence-corrected chi connectivity index (χ4v) is 2.73. The summed E-state index contributed by atoms with van der Waals surface area (Å²) in [6.07, 6.45) is -0.415. The van der Waals surface area contributed by atoms with Gasteiger partial charge in [-0.1, -0.05) is 36.4 Å². The van der Waals surface area contributed by atoms with Crippen LogP contribution in [0.25, 0.3) is 0 Å². The van der Waals surface area contributed by atoms with Gasteiger partial charge < -0.3 is 19.5 Å². The van der Waals surface area contributed by atoms with E-state index in [1.54, 1.807) is 36.3 Å². The molecule has 28 heavy (non-hydrogen) atoms. The van der Waals surface area contributed by atoms with Crippen molar-refractivity contribution in [2.75, 3.05) is 7.11 Å². The molecule has 0 radical (unpaired) electrons. The molecule has 0 aliphatic heterocycles. The van der Waals surface area contributed by atoms with Gasteiger partial charge in [-0.25, -0.2) is 4.79 Å². The molecule has 0 bridgehead atoms. The summed E-state index contributed by atoms with van der Waals surface area (Å²) in [5.74, 6) is 0.749. The minimum absolute atomic E-state index is 0.276. The SMILES string of the molecule is COc1ccc(CN(C(=O)OC(C)(C)C)[C@@H](C)c2ccc(B(O)O)cc2)cc1. The van der Waals surface area contributed by atoms with Gasteiger partial charge in [0.1, 0.15) is 11.4 Å². The van der Waals surface area contributed by atoms with Gasteiger partial charge in [-0.15, -0.1) is 0 Å². The monoisotopic (exact) mass is 385 g/mol. The van der Waals surface area contributed by atoms with Crippen molar-refractivity contribution in [1.29, 1.82) is 0 Å². The van der Waals surface area contributed by atoms with Gasteiger partial charge in [0.25, 0.3) is 0 Å². The van der Waals surface area contributed by atoms with Crippen molar-refractivity contribution >= 4 is 18.7 Å². The number of ether oxygens (including phenoxy) is 2. The van der Waals surface area contributed by atoms with Crippen molar-refractivity contribution < 1.29 is 24.3 Å². The van der Waals surface area contributed by atoms with Gasteiger partial charge in [-0.3, -0.25) is 4.90 Å². The lowest BCUT2D eigenvalue weighted by Gasteiger charge is -2.32. The highest BCUT2D eigenvalue weighted by Crippen LogP contribution is 2.25. The molecule has 0 saturated heterocycles. The van der Waals surface area contributed by atoms with Crippen LogP contribution < -0.4 is 10.2 Å². The number of rotatable bonds is 6. The van der Waals surface area contributed by atoms with Crippen molar-refractivity contribution in [3.05, 3.63) is 59.7 Å². The Morgan fingerprint density at radius 1 is 1.07 bits per heavy atom. The molecule has 0 unspecified atom stereocenters. The average Bonchev–Trinajstić information content (AvgIpc) is 2.64.